The van der Waals surface area contributed by atoms with Gasteiger partial charge in [-0.3, -0.25) is 0 Å². The average molecular weight is 358 g/mol. The molecular weight excluding hydrogens is 336 g/mol. The van der Waals surface area contributed by atoms with Crippen molar-refractivity contribution < 1.29 is 23.8 Å². The second-order valence-corrected chi connectivity index (χ2v) is 7.03. The van der Waals surface area contributed by atoms with Crippen molar-refractivity contribution in [3.8, 4) is 11.5 Å². The summed E-state index contributed by atoms with van der Waals surface area (Å²) >= 11 is 0. The van der Waals surface area contributed by atoms with E-state index in [-0.39, 0.29) is 18.9 Å². The molecular formula is C19H22N2O5. The van der Waals surface area contributed by atoms with E-state index in [0.717, 1.165) is 24.8 Å². The van der Waals surface area contributed by atoms with Crippen molar-refractivity contribution in [2.45, 2.75) is 45.3 Å². The lowest BCUT2D eigenvalue weighted by atomic mass is 9.95. The summed E-state index contributed by atoms with van der Waals surface area (Å²) < 4.78 is 16.5. The smallest absolute Gasteiger partial charge is 0.338 e. The van der Waals surface area contributed by atoms with Crippen LogP contribution in [0, 0.1) is 5.92 Å². The lowest BCUT2D eigenvalue weighted by molar-refractivity contribution is -0.146. The van der Waals surface area contributed by atoms with Gasteiger partial charge in [-0.2, -0.15) is 0 Å². The largest absolute Gasteiger partial charge is 0.459 e. The van der Waals surface area contributed by atoms with Crippen molar-refractivity contribution in [1.29, 1.82) is 0 Å². The Labute approximate surface area is 151 Å². The Kier molecular flexibility index (Phi) is 4.22. The molecule has 2 N–H and O–H groups in total. The molecule has 1 aromatic carbocycles. The monoisotopic (exact) mass is 358 g/mol. The van der Waals surface area contributed by atoms with Crippen LogP contribution in [0.4, 0.5) is 4.79 Å². The summed E-state index contributed by atoms with van der Waals surface area (Å²) in [6, 6.07) is 4.45. The van der Waals surface area contributed by atoms with E-state index in [4.69, 9.17) is 14.2 Å². The van der Waals surface area contributed by atoms with Gasteiger partial charge in [0.15, 0.2) is 11.5 Å². The number of amides is 2. The van der Waals surface area contributed by atoms with Gasteiger partial charge >= 0.3 is 12.0 Å². The Morgan fingerprint density at radius 3 is 2.81 bits per heavy atom. The number of esters is 1. The molecule has 0 spiro atoms. The molecule has 0 aromatic heterocycles. The van der Waals surface area contributed by atoms with Crippen molar-refractivity contribution >= 4 is 12.0 Å². The number of hydrogen-bond donors (Lipinski definition) is 2. The van der Waals surface area contributed by atoms with Crippen LogP contribution in [0.15, 0.2) is 29.5 Å². The van der Waals surface area contributed by atoms with Crippen molar-refractivity contribution in [2.75, 3.05) is 6.79 Å². The summed E-state index contributed by atoms with van der Waals surface area (Å²) in [4.78, 5) is 24.9. The summed E-state index contributed by atoms with van der Waals surface area (Å²) in [5.41, 5.74) is 1.67. The molecule has 26 heavy (non-hydrogen) atoms. The van der Waals surface area contributed by atoms with Gasteiger partial charge < -0.3 is 24.8 Å². The van der Waals surface area contributed by atoms with Crippen LogP contribution in [0.25, 0.3) is 0 Å². The van der Waals surface area contributed by atoms with E-state index in [1.807, 2.05) is 6.07 Å². The quantitative estimate of drug-likeness (QED) is 0.812. The zero-order valence-electron chi connectivity index (χ0n) is 14.8. The first-order valence-electron chi connectivity index (χ1n) is 8.91. The zero-order valence-corrected chi connectivity index (χ0v) is 14.8. The van der Waals surface area contributed by atoms with Gasteiger partial charge in [-0.05, 0) is 49.8 Å². The van der Waals surface area contributed by atoms with Crippen molar-refractivity contribution in [3.63, 3.8) is 0 Å². The first-order valence-corrected chi connectivity index (χ1v) is 8.91. The minimum atomic E-state index is -0.595. The van der Waals surface area contributed by atoms with Crippen LogP contribution in [0.1, 0.15) is 44.7 Å². The minimum absolute atomic E-state index is 0.0715. The Morgan fingerprint density at radius 1 is 1.23 bits per heavy atom. The molecule has 0 saturated heterocycles. The van der Waals surface area contributed by atoms with Crippen LogP contribution in [0.3, 0.4) is 0 Å². The first-order chi connectivity index (χ1) is 12.5. The summed E-state index contributed by atoms with van der Waals surface area (Å²) in [5.74, 6) is 1.22. The number of ether oxygens (including phenoxy) is 3. The number of rotatable bonds is 3. The molecule has 0 radical (unpaired) electrons. The normalized spacial score (nSPS) is 27.2. The minimum Gasteiger partial charge on any atom is -0.459 e. The van der Waals surface area contributed by atoms with Crippen molar-refractivity contribution in [3.05, 3.63) is 35.0 Å². The van der Waals surface area contributed by atoms with Gasteiger partial charge in [-0.25, -0.2) is 9.59 Å². The Hall–Kier alpha value is -2.70. The van der Waals surface area contributed by atoms with Crippen molar-refractivity contribution in [2.24, 2.45) is 5.92 Å². The van der Waals surface area contributed by atoms with E-state index >= 15 is 0 Å². The van der Waals surface area contributed by atoms with E-state index in [1.54, 1.807) is 19.1 Å². The maximum Gasteiger partial charge on any atom is 0.338 e. The standard InChI is InChI=1S/C19H22N2O5/c1-10-4-3-5-13(10)26-18(22)16-11(2)20-19(23)21-17(16)12-6-7-14-15(8-12)25-9-24-14/h6-8,10,13,17H,3-5,9H2,1-2H3,(H2,20,21,23)/t10-,13-,17+/m0/s1. The SMILES string of the molecule is CC1=C(C(=O)O[C@H]2CCC[C@@H]2C)[C@@H](c2ccc3c(c2)OCO3)NC(=O)N1. The fourth-order valence-corrected chi connectivity index (χ4v) is 3.79. The van der Waals surface area contributed by atoms with E-state index in [9.17, 15) is 9.59 Å². The van der Waals surface area contributed by atoms with Crippen LogP contribution in [-0.2, 0) is 9.53 Å². The number of fused-ring (bicyclic) bond motifs is 1. The van der Waals surface area contributed by atoms with E-state index in [2.05, 4.69) is 17.6 Å². The molecule has 0 bridgehead atoms. The third kappa shape index (κ3) is 2.98. The predicted molar refractivity (Wildman–Crippen MR) is 92.6 cm³/mol. The molecule has 7 nitrogen and oxygen atoms in total. The Morgan fingerprint density at radius 2 is 2.04 bits per heavy atom. The molecule has 1 aliphatic carbocycles. The van der Waals surface area contributed by atoms with E-state index < -0.39 is 12.0 Å². The molecule has 7 heteroatoms. The van der Waals surface area contributed by atoms with E-state index in [1.165, 1.54) is 0 Å². The van der Waals surface area contributed by atoms with Gasteiger partial charge in [0.1, 0.15) is 6.10 Å². The zero-order chi connectivity index (χ0) is 18.3. The number of benzene rings is 1. The van der Waals surface area contributed by atoms with Crippen LogP contribution in [-0.4, -0.2) is 24.9 Å². The van der Waals surface area contributed by atoms with E-state index in [0.29, 0.717) is 28.7 Å². The fourth-order valence-electron chi connectivity index (χ4n) is 3.79. The van der Waals surface area contributed by atoms with Gasteiger partial charge in [-0.1, -0.05) is 13.0 Å². The highest BCUT2D eigenvalue weighted by molar-refractivity contribution is 5.95. The van der Waals surface area contributed by atoms with Gasteiger partial charge in [0.05, 0.1) is 11.6 Å². The van der Waals surface area contributed by atoms with Crippen molar-refractivity contribution in [1.82, 2.24) is 10.6 Å². The molecule has 3 aliphatic rings. The topological polar surface area (TPSA) is 85.9 Å². The molecule has 2 heterocycles. The number of carbonyl (C=O) groups is 2. The molecule has 2 aliphatic heterocycles. The highest BCUT2D eigenvalue weighted by Crippen LogP contribution is 2.37. The lowest BCUT2D eigenvalue weighted by Crippen LogP contribution is -2.45. The summed E-state index contributed by atoms with van der Waals surface area (Å²) in [5, 5.41) is 5.49. The van der Waals surface area contributed by atoms with Gasteiger partial charge in [-0.15, -0.1) is 0 Å². The highest BCUT2D eigenvalue weighted by atomic mass is 16.7. The Bertz CT molecular complexity index is 788. The summed E-state index contributed by atoms with van der Waals surface area (Å²) in [7, 11) is 0. The number of urea groups is 1. The molecule has 2 amide bonds. The maximum absolute atomic E-state index is 12.9. The predicted octanol–water partition coefficient (Wildman–Crippen LogP) is 2.78. The average Bonchev–Trinajstić information content (AvgIpc) is 3.22. The summed E-state index contributed by atoms with van der Waals surface area (Å²) in [6.07, 6.45) is 2.94. The molecule has 4 rings (SSSR count). The molecule has 1 saturated carbocycles. The molecule has 3 atom stereocenters. The molecule has 1 fully saturated rings. The number of nitrogens with one attached hydrogen (secondary N) is 2. The molecule has 0 unspecified atom stereocenters. The fraction of sp³-hybridized carbons (Fsp3) is 0.474. The highest BCUT2D eigenvalue weighted by Gasteiger charge is 2.35. The first kappa shape index (κ1) is 16.8. The third-order valence-electron chi connectivity index (χ3n) is 5.26. The van der Waals surface area contributed by atoms with Crippen LogP contribution >= 0.6 is 0 Å². The second-order valence-electron chi connectivity index (χ2n) is 7.03. The molecule has 1 aromatic rings. The lowest BCUT2D eigenvalue weighted by Gasteiger charge is -2.29. The van der Waals surface area contributed by atoms with Crippen LogP contribution in [0.2, 0.25) is 0 Å². The maximum atomic E-state index is 12.9. The second kappa shape index (κ2) is 6.55. The number of carbonyl (C=O) groups excluding carboxylic acids is 2. The number of allylic oxidation sites excluding steroid dienone is 1. The van der Waals surface area contributed by atoms with Gasteiger partial charge in [0, 0.05) is 5.70 Å². The van der Waals surface area contributed by atoms with Crippen LogP contribution < -0.4 is 20.1 Å². The summed E-state index contributed by atoms with van der Waals surface area (Å²) in [6.45, 7) is 3.98. The van der Waals surface area contributed by atoms with Gasteiger partial charge in [0.25, 0.3) is 0 Å². The molecule has 138 valence electrons. The third-order valence-corrected chi connectivity index (χ3v) is 5.26. The Balaban J connectivity index is 1.64. The number of hydrogen-bond acceptors (Lipinski definition) is 5. The van der Waals surface area contributed by atoms with Gasteiger partial charge in [0.2, 0.25) is 6.79 Å². The van der Waals surface area contributed by atoms with Crippen LogP contribution in [0.5, 0.6) is 11.5 Å².